The highest BCUT2D eigenvalue weighted by Crippen LogP contribution is 2.21. The molecule has 0 radical (unpaired) electrons. The van der Waals surface area contributed by atoms with Gasteiger partial charge in [0.15, 0.2) is 0 Å². The summed E-state index contributed by atoms with van der Waals surface area (Å²) in [6, 6.07) is 6.39. The second-order valence-electron chi connectivity index (χ2n) is 6.23. The molecule has 0 unspecified atom stereocenters. The summed E-state index contributed by atoms with van der Waals surface area (Å²) in [6.07, 6.45) is 8.59. The molecule has 25 heavy (non-hydrogen) atoms. The molecule has 2 rings (SSSR count). The Hall–Kier alpha value is -1.60. The SMILES string of the molecule is CS(=O)(=O)N(CC(=O)NN=C1CCCCCCC1)c1cccc(Cl)c1. The van der Waals surface area contributed by atoms with Crippen LogP contribution in [-0.2, 0) is 14.8 Å². The number of hydrazone groups is 1. The van der Waals surface area contributed by atoms with Crippen LogP contribution in [0.4, 0.5) is 5.69 Å². The molecule has 8 heteroatoms. The number of sulfonamides is 1. The third kappa shape index (κ3) is 6.66. The van der Waals surface area contributed by atoms with E-state index in [1.54, 1.807) is 18.2 Å². The van der Waals surface area contributed by atoms with Crippen molar-refractivity contribution in [2.75, 3.05) is 17.1 Å². The maximum absolute atomic E-state index is 12.2. The number of nitrogens with one attached hydrogen (secondary N) is 1. The normalized spacial score (nSPS) is 15.8. The van der Waals surface area contributed by atoms with Crippen LogP contribution in [0, 0.1) is 0 Å². The van der Waals surface area contributed by atoms with Crippen LogP contribution in [0.5, 0.6) is 0 Å². The fraction of sp³-hybridized carbons (Fsp3) is 0.529. The van der Waals surface area contributed by atoms with Crippen LogP contribution < -0.4 is 9.73 Å². The molecule has 1 saturated carbocycles. The van der Waals surface area contributed by atoms with E-state index < -0.39 is 15.9 Å². The van der Waals surface area contributed by atoms with Gasteiger partial charge in [0.2, 0.25) is 10.0 Å². The average Bonchev–Trinajstić information content (AvgIpc) is 2.50. The number of hydrogen-bond acceptors (Lipinski definition) is 4. The largest absolute Gasteiger partial charge is 0.271 e. The first-order valence-corrected chi connectivity index (χ1v) is 10.7. The number of anilines is 1. The van der Waals surface area contributed by atoms with Crippen molar-refractivity contribution in [3.05, 3.63) is 29.3 Å². The number of carbonyl (C=O) groups excluding carboxylic acids is 1. The molecule has 0 aromatic heterocycles. The van der Waals surface area contributed by atoms with Gasteiger partial charge in [-0.05, 0) is 43.9 Å². The predicted octanol–water partition coefficient (Wildman–Crippen LogP) is 3.32. The highest BCUT2D eigenvalue weighted by atomic mass is 35.5. The van der Waals surface area contributed by atoms with E-state index in [1.807, 2.05) is 0 Å². The third-order valence-corrected chi connectivity index (χ3v) is 5.43. The van der Waals surface area contributed by atoms with E-state index in [0.717, 1.165) is 42.0 Å². The molecule has 0 bridgehead atoms. The Labute approximate surface area is 154 Å². The Morgan fingerprint density at radius 1 is 1.20 bits per heavy atom. The summed E-state index contributed by atoms with van der Waals surface area (Å²) in [5, 5.41) is 4.60. The first-order chi connectivity index (χ1) is 11.9. The summed E-state index contributed by atoms with van der Waals surface area (Å²) in [5.74, 6) is -0.472. The van der Waals surface area contributed by atoms with Gasteiger partial charge in [0.25, 0.3) is 5.91 Å². The van der Waals surface area contributed by atoms with E-state index in [2.05, 4.69) is 10.5 Å². The minimum Gasteiger partial charge on any atom is -0.271 e. The van der Waals surface area contributed by atoms with Crippen LogP contribution in [0.2, 0.25) is 5.02 Å². The Kier molecular flexibility index (Phi) is 7.25. The quantitative estimate of drug-likeness (QED) is 0.789. The number of amides is 1. The Bertz CT molecular complexity index is 724. The van der Waals surface area contributed by atoms with Gasteiger partial charge in [0.05, 0.1) is 11.9 Å². The average molecular weight is 386 g/mol. The number of nitrogens with zero attached hydrogens (tertiary/aromatic N) is 2. The summed E-state index contributed by atoms with van der Waals surface area (Å²) in [7, 11) is -3.62. The van der Waals surface area contributed by atoms with Gasteiger partial charge in [-0.3, -0.25) is 9.10 Å². The maximum atomic E-state index is 12.2. The molecule has 0 aliphatic heterocycles. The lowest BCUT2D eigenvalue weighted by atomic mass is 9.99. The minimum absolute atomic E-state index is 0.337. The van der Waals surface area contributed by atoms with Crippen LogP contribution in [0.15, 0.2) is 29.4 Å². The Balaban J connectivity index is 2.04. The monoisotopic (exact) mass is 385 g/mol. The van der Waals surface area contributed by atoms with Gasteiger partial charge in [-0.2, -0.15) is 5.10 Å². The zero-order valence-electron chi connectivity index (χ0n) is 14.4. The number of hydrogen-bond donors (Lipinski definition) is 1. The lowest BCUT2D eigenvalue weighted by molar-refractivity contribution is -0.119. The second-order valence-corrected chi connectivity index (χ2v) is 8.57. The van der Waals surface area contributed by atoms with Crippen molar-refractivity contribution < 1.29 is 13.2 Å². The van der Waals surface area contributed by atoms with E-state index in [-0.39, 0.29) is 6.54 Å². The van der Waals surface area contributed by atoms with Crippen molar-refractivity contribution in [2.24, 2.45) is 5.10 Å². The van der Waals surface area contributed by atoms with Crippen molar-refractivity contribution in [3.63, 3.8) is 0 Å². The van der Waals surface area contributed by atoms with Gasteiger partial charge in [-0.15, -0.1) is 0 Å². The molecule has 0 atom stereocenters. The molecular weight excluding hydrogens is 362 g/mol. The van der Waals surface area contributed by atoms with Gasteiger partial charge >= 0.3 is 0 Å². The molecule has 0 saturated heterocycles. The summed E-state index contributed by atoms with van der Waals surface area (Å²) >= 11 is 5.92. The minimum atomic E-state index is -3.62. The van der Waals surface area contributed by atoms with Crippen molar-refractivity contribution in [3.8, 4) is 0 Å². The zero-order chi connectivity index (χ0) is 18.3. The summed E-state index contributed by atoms with van der Waals surface area (Å²) in [5.41, 5.74) is 3.82. The summed E-state index contributed by atoms with van der Waals surface area (Å²) < 4.78 is 25.1. The molecule has 1 aromatic rings. The smallest absolute Gasteiger partial charge is 0.260 e. The molecule has 1 aliphatic rings. The molecule has 0 heterocycles. The highest BCUT2D eigenvalue weighted by Gasteiger charge is 2.21. The second kappa shape index (κ2) is 9.20. The van der Waals surface area contributed by atoms with E-state index in [0.29, 0.717) is 10.7 Å². The van der Waals surface area contributed by atoms with Crippen LogP contribution >= 0.6 is 11.6 Å². The van der Waals surface area contributed by atoms with E-state index >= 15 is 0 Å². The number of rotatable bonds is 5. The third-order valence-electron chi connectivity index (χ3n) is 4.05. The Morgan fingerprint density at radius 3 is 2.44 bits per heavy atom. The van der Waals surface area contributed by atoms with Crippen molar-refractivity contribution in [2.45, 2.75) is 44.9 Å². The lowest BCUT2D eigenvalue weighted by Gasteiger charge is -2.21. The number of benzene rings is 1. The van der Waals surface area contributed by atoms with Gasteiger partial charge < -0.3 is 0 Å². The standard InChI is InChI=1S/C17H24ClN3O3S/c1-25(23,24)21(16-11-7-8-14(18)12-16)13-17(22)20-19-15-9-5-3-2-4-6-10-15/h7-8,11-12H,2-6,9-10,13H2,1H3,(H,20,22). The van der Waals surface area contributed by atoms with Gasteiger partial charge in [0.1, 0.15) is 6.54 Å². The molecule has 0 spiro atoms. The van der Waals surface area contributed by atoms with E-state index in [4.69, 9.17) is 11.6 Å². The fourth-order valence-electron chi connectivity index (χ4n) is 2.76. The van der Waals surface area contributed by atoms with Crippen molar-refractivity contribution in [1.29, 1.82) is 0 Å². The topological polar surface area (TPSA) is 78.8 Å². The van der Waals surface area contributed by atoms with Crippen LogP contribution in [0.3, 0.4) is 0 Å². The van der Waals surface area contributed by atoms with Crippen LogP contribution in [0.25, 0.3) is 0 Å². The van der Waals surface area contributed by atoms with Crippen molar-refractivity contribution >= 4 is 38.9 Å². The summed E-state index contributed by atoms with van der Waals surface area (Å²) in [6.45, 7) is -0.337. The van der Waals surface area contributed by atoms with Gasteiger partial charge in [-0.1, -0.05) is 36.9 Å². The predicted molar refractivity (Wildman–Crippen MR) is 102 cm³/mol. The molecular formula is C17H24ClN3O3S. The zero-order valence-corrected chi connectivity index (χ0v) is 15.9. The summed E-state index contributed by atoms with van der Waals surface area (Å²) in [4.78, 5) is 12.2. The van der Waals surface area contributed by atoms with Gasteiger partial charge in [-0.25, -0.2) is 13.8 Å². The molecule has 1 fully saturated rings. The number of halogens is 1. The molecule has 1 aromatic carbocycles. The fourth-order valence-corrected chi connectivity index (χ4v) is 3.80. The lowest BCUT2D eigenvalue weighted by Crippen LogP contribution is -2.39. The molecule has 6 nitrogen and oxygen atoms in total. The molecule has 1 aliphatic carbocycles. The number of carbonyl (C=O) groups is 1. The highest BCUT2D eigenvalue weighted by molar-refractivity contribution is 7.92. The van der Waals surface area contributed by atoms with Crippen molar-refractivity contribution in [1.82, 2.24) is 5.43 Å². The Morgan fingerprint density at radius 2 is 1.84 bits per heavy atom. The van der Waals surface area contributed by atoms with E-state index in [9.17, 15) is 13.2 Å². The maximum Gasteiger partial charge on any atom is 0.260 e. The first-order valence-electron chi connectivity index (χ1n) is 8.44. The van der Waals surface area contributed by atoms with Crippen LogP contribution in [-0.4, -0.2) is 32.8 Å². The van der Waals surface area contributed by atoms with Gasteiger partial charge in [0, 0.05) is 10.7 Å². The van der Waals surface area contributed by atoms with Crippen LogP contribution in [0.1, 0.15) is 44.9 Å². The molecule has 1 amide bonds. The molecule has 138 valence electrons. The van der Waals surface area contributed by atoms with E-state index in [1.165, 1.54) is 25.3 Å². The molecule has 1 N–H and O–H groups in total. The first kappa shape index (κ1) is 19.7.